The summed E-state index contributed by atoms with van der Waals surface area (Å²) in [6.07, 6.45) is -0.670. The number of Topliss-reactive ketones (excluding diaryl/α,β-unsaturated/α-hetero) is 1. The van der Waals surface area contributed by atoms with E-state index in [1.54, 1.807) is 52.1 Å². The van der Waals surface area contributed by atoms with E-state index in [4.69, 9.17) is 21.1 Å². The molecule has 0 aromatic heterocycles. The molecular weight excluding hydrogens is 397 g/mol. The van der Waals surface area contributed by atoms with Crippen molar-refractivity contribution in [2.45, 2.75) is 45.9 Å². The van der Waals surface area contributed by atoms with Crippen LogP contribution in [-0.4, -0.2) is 35.5 Å². The van der Waals surface area contributed by atoms with Gasteiger partial charge >= 0.3 is 6.09 Å². The van der Waals surface area contributed by atoms with Crippen molar-refractivity contribution >= 4 is 23.5 Å². The maximum Gasteiger partial charge on any atom is 0.411 e. The van der Waals surface area contributed by atoms with Crippen molar-refractivity contribution < 1.29 is 23.5 Å². The summed E-state index contributed by atoms with van der Waals surface area (Å²) in [5.41, 5.74) is -0.157. The molecule has 29 heavy (non-hydrogen) atoms. The Balaban J connectivity index is 2.35. The van der Waals surface area contributed by atoms with Gasteiger partial charge in [-0.1, -0.05) is 29.8 Å². The van der Waals surface area contributed by atoms with Crippen molar-refractivity contribution in [3.8, 4) is 5.75 Å². The Morgan fingerprint density at radius 3 is 2.31 bits per heavy atom. The Hall–Kier alpha value is -2.60. The second-order valence-corrected chi connectivity index (χ2v) is 8.01. The molecule has 156 valence electrons. The molecule has 0 fully saturated rings. The molecule has 0 spiro atoms. The number of ether oxygens (including phenoxy) is 2. The highest BCUT2D eigenvalue weighted by atomic mass is 35.5. The molecular formula is C22H25ClFNO4. The standard InChI is InChI=1S/C22H25ClFNO4/c1-14(20(26)17-7-6-8-18(23)19(17)24)25(21(27)29-22(2,3)4)13-15-9-11-16(28-5)12-10-15/h6-12,14H,13H2,1-5H3. The van der Waals surface area contributed by atoms with Crippen molar-refractivity contribution in [2.75, 3.05) is 7.11 Å². The molecule has 0 saturated carbocycles. The summed E-state index contributed by atoms with van der Waals surface area (Å²) in [4.78, 5) is 27.0. The van der Waals surface area contributed by atoms with E-state index in [9.17, 15) is 14.0 Å². The smallest absolute Gasteiger partial charge is 0.411 e. The monoisotopic (exact) mass is 421 g/mol. The molecule has 1 unspecified atom stereocenters. The zero-order valence-corrected chi connectivity index (χ0v) is 17.9. The summed E-state index contributed by atoms with van der Waals surface area (Å²) in [5, 5.41) is -0.151. The first-order valence-electron chi connectivity index (χ1n) is 9.14. The molecule has 0 aliphatic carbocycles. The number of halogens is 2. The highest BCUT2D eigenvalue weighted by Crippen LogP contribution is 2.23. The molecule has 2 aromatic carbocycles. The Morgan fingerprint density at radius 1 is 1.14 bits per heavy atom. The van der Waals surface area contributed by atoms with Gasteiger partial charge in [0, 0.05) is 6.54 Å². The average Bonchev–Trinajstić information content (AvgIpc) is 2.66. The van der Waals surface area contributed by atoms with E-state index in [-0.39, 0.29) is 17.1 Å². The zero-order chi connectivity index (χ0) is 21.8. The molecule has 0 heterocycles. The second kappa shape index (κ2) is 9.27. The Labute approximate surface area is 175 Å². The van der Waals surface area contributed by atoms with Gasteiger partial charge in [0.25, 0.3) is 0 Å². The number of carbonyl (C=O) groups excluding carboxylic acids is 2. The number of benzene rings is 2. The van der Waals surface area contributed by atoms with Gasteiger partial charge < -0.3 is 9.47 Å². The van der Waals surface area contributed by atoms with Crippen LogP contribution in [0.15, 0.2) is 42.5 Å². The predicted molar refractivity (Wildman–Crippen MR) is 110 cm³/mol. The van der Waals surface area contributed by atoms with E-state index < -0.39 is 29.3 Å². The third-order valence-corrected chi connectivity index (χ3v) is 4.50. The molecule has 0 radical (unpaired) electrons. The third-order valence-electron chi connectivity index (χ3n) is 4.20. The molecule has 5 nitrogen and oxygen atoms in total. The fraction of sp³-hybridized carbons (Fsp3) is 0.364. The van der Waals surface area contributed by atoms with Gasteiger partial charge in [0.05, 0.1) is 23.7 Å². The number of amides is 1. The Morgan fingerprint density at radius 2 is 1.76 bits per heavy atom. The van der Waals surface area contributed by atoms with Gasteiger partial charge in [0.15, 0.2) is 11.6 Å². The lowest BCUT2D eigenvalue weighted by molar-refractivity contribution is 0.0155. The first kappa shape index (κ1) is 22.7. The summed E-state index contributed by atoms with van der Waals surface area (Å²) in [6, 6.07) is 10.3. The normalized spacial score (nSPS) is 12.2. The van der Waals surface area contributed by atoms with Crippen LogP contribution in [0, 0.1) is 5.82 Å². The molecule has 1 amide bonds. The number of methoxy groups -OCH3 is 1. The summed E-state index contributed by atoms with van der Waals surface area (Å²) in [7, 11) is 1.56. The molecule has 0 bridgehead atoms. The molecule has 2 rings (SSSR count). The molecule has 0 aliphatic heterocycles. The van der Waals surface area contributed by atoms with E-state index in [0.717, 1.165) is 5.56 Å². The van der Waals surface area contributed by atoms with Gasteiger partial charge in [0.1, 0.15) is 11.4 Å². The van der Waals surface area contributed by atoms with Crippen molar-refractivity contribution in [3.63, 3.8) is 0 Å². The number of ketones is 1. The first-order chi connectivity index (χ1) is 13.5. The highest BCUT2D eigenvalue weighted by Gasteiger charge is 2.32. The van der Waals surface area contributed by atoms with Crippen molar-refractivity contribution in [3.05, 3.63) is 64.4 Å². The number of carbonyl (C=O) groups is 2. The third kappa shape index (κ3) is 5.94. The minimum atomic E-state index is -0.972. The summed E-state index contributed by atoms with van der Waals surface area (Å²) < 4.78 is 25.0. The van der Waals surface area contributed by atoms with Crippen LogP contribution < -0.4 is 4.74 Å². The van der Waals surface area contributed by atoms with Gasteiger partial charge in [-0.05, 0) is 57.5 Å². The molecule has 1 atom stereocenters. The van der Waals surface area contributed by atoms with Crippen molar-refractivity contribution in [1.82, 2.24) is 4.90 Å². The number of hydrogen-bond donors (Lipinski definition) is 0. The van der Waals surface area contributed by atoms with Crippen LogP contribution >= 0.6 is 11.6 Å². The second-order valence-electron chi connectivity index (χ2n) is 7.60. The van der Waals surface area contributed by atoms with Crippen LogP contribution in [0.2, 0.25) is 5.02 Å². The van der Waals surface area contributed by atoms with Crippen LogP contribution in [-0.2, 0) is 11.3 Å². The van der Waals surface area contributed by atoms with Gasteiger partial charge in [-0.2, -0.15) is 0 Å². The number of hydrogen-bond acceptors (Lipinski definition) is 4. The average molecular weight is 422 g/mol. The van der Waals surface area contributed by atoms with Gasteiger partial charge in [-0.3, -0.25) is 9.69 Å². The van der Waals surface area contributed by atoms with E-state index in [0.29, 0.717) is 5.75 Å². The fourth-order valence-electron chi connectivity index (χ4n) is 2.67. The lowest BCUT2D eigenvalue weighted by Crippen LogP contribution is -2.45. The number of nitrogens with zero attached hydrogens (tertiary/aromatic N) is 1. The predicted octanol–water partition coefficient (Wildman–Crippen LogP) is 5.50. The van der Waals surface area contributed by atoms with Crippen LogP contribution in [0.1, 0.15) is 43.6 Å². The maximum atomic E-state index is 14.4. The summed E-state index contributed by atoms with van der Waals surface area (Å²) in [5.74, 6) is -0.702. The highest BCUT2D eigenvalue weighted by molar-refractivity contribution is 6.31. The van der Waals surface area contributed by atoms with E-state index in [1.165, 1.54) is 30.0 Å². The van der Waals surface area contributed by atoms with Crippen molar-refractivity contribution in [1.29, 1.82) is 0 Å². The molecule has 2 aromatic rings. The van der Waals surface area contributed by atoms with Gasteiger partial charge in [0.2, 0.25) is 0 Å². The fourth-order valence-corrected chi connectivity index (χ4v) is 2.84. The lowest BCUT2D eigenvalue weighted by atomic mass is 10.0. The Kier molecular flexibility index (Phi) is 7.25. The van der Waals surface area contributed by atoms with E-state index >= 15 is 0 Å². The summed E-state index contributed by atoms with van der Waals surface area (Å²) >= 11 is 5.81. The SMILES string of the molecule is COc1ccc(CN(C(=O)OC(C)(C)C)C(C)C(=O)c2cccc(Cl)c2F)cc1. The Bertz CT molecular complexity index is 877. The maximum absolute atomic E-state index is 14.4. The van der Waals surface area contributed by atoms with Crippen LogP contribution in [0.3, 0.4) is 0 Å². The molecule has 0 aliphatic rings. The minimum Gasteiger partial charge on any atom is -0.497 e. The number of rotatable bonds is 6. The first-order valence-corrected chi connectivity index (χ1v) is 9.52. The zero-order valence-electron chi connectivity index (χ0n) is 17.2. The molecule has 0 N–H and O–H groups in total. The largest absolute Gasteiger partial charge is 0.497 e. The van der Waals surface area contributed by atoms with Crippen LogP contribution in [0.5, 0.6) is 5.75 Å². The molecule has 0 saturated heterocycles. The van der Waals surface area contributed by atoms with E-state index in [1.807, 2.05) is 0 Å². The minimum absolute atomic E-state index is 0.105. The van der Waals surface area contributed by atoms with Crippen LogP contribution in [0.4, 0.5) is 9.18 Å². The van der Waals surface area contributed by atoms with Crippen molar-refractivity contribution in [2.24, 2.45) is 0 Å². The van der Waals surface area contributed by atoms with Gasteiger partial charge in [-0.25, -0.2) is 9.18 Å². The topological polar surface area (TPSA) is 55.8 Å². The molecule has 7 heteroatoms. The summed E-state index contributed by atoms with van der Waals surface area (Å²) in [6.45, 7) is 6.85. The van der Waals surface area contributed by atoms with Gasteiger partial charge in [-0.15, -0.1) is 0 Å². The van der Waals surface area contributed by atoms with Crippen LogP contribution in [0.25, 0.3) is 0 Å². The lowest BCUT2D eigenvalue weighted by Gasteiger charge is -2.31. The van der Waals surface area contributed by atoms with E-state index in [2.05, 4.69) is 0 Å². The quantitative estimate of drug-likeness (QED) is 0.578.